The van der Waals surface area contributed by atoms with Crippen LogP contribution in [0.5, 0.6) is 0 Å². The van der Waals surface area contributed by atoms with E-state index in [0.717, 1.165) is 56.3 Å². The maximum absolute atomic E-state index is 6.07. The molecule has 1 saturated heterocycles. The second kappa shape index (κ2) is 13.4. The van der Waals surface area contributed by atoms with Crippen molar-refractivity contribution >= 4 is 17.6 Å². The Hall–Kier alpha value is -1.56. The highest BCUT2D eigenvalue weighted by Crippen LogP contribution is 2.33. The van der Waals surface area contributed by atoms with Gasteiger partial charge in [0.2, 0.25) is 5.95 Å². The van der Waals surface area contributed by atoms with Gasteiger partial charge in [-0.3, -0.25) is 0 Å². The van der Waals surface area contributed by atoms with Gasteiger partial charge in [-0.1, -0.05) is 83.5 Å². The van der Waals surface area contributed by atoms with Crippen LogP contribution < -0.4 is 21.3 Å². The lowest BCUT2D eigenvalue weighted by Crippen LogP contribution is -2.44. The molecule has 1 aromatic rings. The van der Waals surface area contributed by atoms with Gasteiger partial charge in [-0.25, -0.2) is 0 Å². The van der Waals surface area contributed by atoms with Crippen LogP contribution in [0.1, 0.15) is 96.3 Å². The van der Waals surface area contributed by atoms with Crippen LogP contribution in [0.2, 0.25) is 0 Å². The maximum atomic E-state index is 6.07. The molecule has 1 aliphatic heterocycles. The van der Waals surface area contributed by atoms with Crippen LogP contribution in [0.25, 0.3) is 0 Å². The first-order chi connectivity index (χ1) is 16.3. The monoisotopic (exact) mass is 456 g/mol. The molecular formula is C27H48N6. The van der Waals surface area contributed by atoms with E-state index in [1.54, 1.807) is 0 Å². The Morgan fingerprint density at radius 3 is 2.15 bits per heavy atom. The van der Waals surface area contributed by atoms with E-state index in [1.807, 2.05) is 6.07 Å². The van der Waals surface area contributed by atoms with Crippen LogP contribution >= 0.6 is 0 Å². The van der Waals surface area contributed by atoms with Crippen LogP contribution in [0.3, 0.4) is 0 Å². The first-order valence-electron chi connectivity index (χ1n) is 14.1. The van der Waals surface area contributed by atoms with Gasteiger partial charge in [0.1, 0.15) is 11.6 Å². The Kier molecular flexibility index (Phi) is 9.94. The van der Waals surface area contributed by atoms with Crippen molar-refractivity contribution in [3.8, 4) is 0 Å². The zero-order valence-corrected chi connectivity index (χ0v) is 20.9. The van der Waals surface area contributed by atoms with Crippen LogP contribution in [-0.4, -0.2) is 42.7 Å². The Morgan fingerprint density at radius 2 is 1.45 bits per heavy atom. The number of piperazine rings is 1. The number of aromatic nitrogens is 2. The quantitative estimate of drug-likeness (QED) is 0.376. The van der Waals surface area contributed by atoms with Crippen LogP contribution in [0, 0.1) is 17.8 Å². The molecule has 2 aliphatic carbocycles. The molecule has 3 fully saturated rings. The van der Waals surface area contributed by atoms with Crippen molar-refractivity contribution in [2.24, 2.45) is 17.8 Å². The number of nitrogens with two attached hydrogens (primary N) is 1. The average Bonchev–Trinajstić information content (AvgIpc) is 2.86. The summed E-state index contributed by atoms with van der Waals surface area (Å²) in [5.41, 5.74) is 6.07. The van der Waals surface area contributed by atoms with Gasteiger partial charge >= 0.3 is 0 Å². The molecule has 186 valence electrons. The van der Waals surface area contributed by atoms with Crippen molar-refractivity contribution in [2.45, 2.75) is 96.3 Å². The fourth-order valence-corrected chi connectivity index (χ4v) is 6.24. The van der Waals surface area contributed by atoms with Gasteiger partial charge in [0.15, 0.2) is 0 Å². The third kappa shape index (κ3) is 8.31. The fourth-order valence-electron chi connectivity index (χ4n) is 6.24. The number of nitrogens with zero attached hydrogens (tertiary/aromatic N) is 3. The summed E-state index contributed by atoms with van der Waals surface area (Å²) in [5.74, 6) is 4.97. The van der Waals surface area contributed by atoms with Gasteiger partial charge in [-0.05, 0) is 30.6 Å². The first-order valence-corrected chi connectivity index (χ1v) is 14.1. The summed E-state index contributed by atoms with van der Waals surface area (Å²) >= 11 is 0. The summed E-state index contributed by atoms with van der Waals surface area (Å²) in [4.78, 5) is 11.5. The van der Waals surface area contributed by atoms with E-state index >= 15 is 0 Å². The molecule has 0 atom stereocenters. The van der Waals surface area contributed by atoms with E-state index in [-0.39, 0.29) is 0 Å². The summed E-state index contributed by atoms with van der Waals surface area (Å²) in [6.07, 6.45) is 21.8. The van der Waals surface area contributed by atoms with Gasteiger partial charge in [0.25, 0.3) is 0 Å². The minimum atomic E-state index is 0.559. The molecule has 4 rings (SSSR count). The first kappa shape index (κ1) is 24.6. The Labute approximate surface area is 201 Å². The van der Waals surface area contributed by atoms with Gasteiger partial charge in [-0.2, -0.15) is 9.97 Å². The van der Waals surface area contributed by atoms with Crippen molar-refractivity contribution in [1.82, 2.24) is 15.3 Å². The summed E-state index contributed by atoms with van der Waals surface area (Å²) < 4.78 is 0. The highest BCUT2D eigenvalue weighted by molar-refractivity contribution is 5.51. The van der Waals surface area contributed by atoms with E-state index in [0.29, 0.717) is 11.8 Å². The molecule has 0 amide bonds. The van der Waals surface area contributed by atoms with Gasteiger partial charge < -0.3 is 21.3 Å². The van der Waals surface area contributed by atoms with E-state index < -0.39 is 0 Å². The molecule has 6 nitrogen and oxygen atoms in total. The van der Waals surface area contributed by atoms with Crippen molar-refractivity contribution in [3.63, 3.8) is 0 Å². The predicted octanol–water partition coefficient (Wildman–Crippen LogP) is 5.61. The number of anilines is 3. The summed E-state index contributed by atoms with van der Waals surface area (Å²) in [6.45, 7) is 4.91. The molecular weight excluding hydrogens is 408 g/mol. The van der Waals surface area contributed by atoms with Crippen LogP contribution in [-0.2, 0) is 0 Å². The predicted molar refractivity (Wildman–Crippen MR) is 140 cm³/mol. The Bertz CT molecular complexity index is 675. The Morgan fingerprint density at radius 1 is 0.818 bits per heavy atom. The summed E-state index contributed by atoms with van der Waals surface area (Å²) in [5, 5.41) is 6.89. The van der Waals surface area contributed by atoms with Gasteiger partial charge in [-0.15, -0.1) is 0 Å². The lowest BCUT2D eigenvalue weighted by atomic mass is 9.79. The van der Waals surface area contributed by atoms with Crippen molar-refractivity contribution < 1.29 is 0 Å². The molecule has 4 N–H and O–H groups in total. The lowest BCUT2D eigenvalue weighted by molar-refractivity contribution is 0.265. The summed E-state index contributed by atoms with van der Waals surface area (Å²) in [6, 6.07) is 1.90. The smallest absolute Gasteiger partial charge is 0.226 e. The molecule has 2 saturated carbocycles. The number of nitrogens with one attached hydrogen (secondary N) is 2. The number of hydrogen-bond donors (Lipinski definition) is 3. The molecule has 0 bridgehead atoms. The number of rotatable bonds is 11. The normalized spacial score (nSPS) is 24.7. The van der Waals surface area contributed by atoms with Crippen LogP contribution in [0.15, 0.2) is 6.07 Å². The second-order valence-corrected chi connectivity index (χ2v) is 11.0. The maximum Gasteiger partial charge on any atom is 0.226 e. The molecule has 0 aromatic carbocycles. The fraction of sp³-hybridized carbons (Fsp3) is 0.852. The zero-order valence-electron chi connectivity index (χ0n) is 20.9. The molecule has 0 spiro atoms. The molecule has 33 heavy (non-hydrogen) atoms. The van der Waals surface area contributed by atoms with Gasteiger partial charge in [0.05, 0.1) is 0 Å². The van der Waals surface area contributed by atoms with Crippen molar-refractivity contribution in [1.29, 1.82) is 0 Å². The number of unbranched alkanes of at least 4 members (excludes halogenated alkanes) is 3. The number of hydrogen-bond acceptors (Lipinski definition) is 6. The van der Waals surface area contributed by atoms with Gasteiger partial charge in [0, 0.05) is 38.8 Å². The third-order valence-electron chi connectivity index (χ3n) is 8.39. The number of nitrogen functional groups attached to an aromatic ring is 1. The van der Waals surface area contributed by atoms with E-state index in [1.165, 1.54) is 96.3 Å². The van der Waals surface area contributed by atoms with Crippen molar-refractivity contribution in [2.75, 3.05) is 48.7 Å². The standard InChI is InChI=1S/C27H48N6/c28-25-20-26(33-18-16-29-17-19-33)32-27(31-25)30-21-24-14-12-23(13-15-24)11-5-2-1-4-8-22-9-6-3-7-10-22/h20,22-24,29H,1-19,21H2,(H3,28,30,31,32). The molecule has 6 heteroatoms. The highest BCUT2D eigenvalue weighted by Gasteiger charge is 2.21. The SMILES string of the molecule is Nc1cc(N2CCNCC2)nc(NCC2CCC(CCCCCCC3CCCCC3)CC2)n1. The highest BCUT2D eigenvalue weighted by atomic mass is 15.3. The molecule has 0 unspecified atom stereocenters. The van der Waals surface area contributed by atoms with Crippen LogP contribution in [0.4, 0.5) is 17.6 Å². The second-order valence-electron chi connectivity index (χ2n) is 11.0. The molecule has 3 aliphatic rings. The van der Waals surface area contributed by atoms with Crippen molar-refractivity contribution in [3.05, 3.63) is 6.07 Å². The summed E-state index contributed by atoms with van der Waals surface area (Å²) in [7, 11) is 0. The zero-order chi connectivity index (χ0) is 22.7. The average molecular weight is 457 g/mol. The largest absolute Gasteiger partial charge is 0.383 e. The molecule has 0 radical (unpaired) electrons. The minimum absolute atomic E-state index is 0.559. The topological polar surface area (TPSA) is 79.1 Å². The Balaban J connectivity index is 1.07. The molecule has 2 heterocycles. The minimum Gasteiger partial charge on any atom is -0.383 e. The third-order valence-corrected chi connectivity index (χ3v) is 8.39. The van der Waals surface area contributed by atoms with E-state index in [9.17, 15) is 0 Å². The molecule has 1 aromatic heterocycles. The van der Waals surface area contributed by atoms with E-state index in [2.05, 4.69) is 20.5 Å². The van der Waals surface area contributed by atoms with E-state index in [4.69, 9.17) is 10.7 Å². The lowest BCUT2D eigenvalue weighted by Gasteiger charge is -2.30.